The van der Waals surface area contributed by atoms with Crippen molar-refractivity contribution >= 4 is 23.3 Å². The van der Waals surface area contributed by atoms with Gasteiger partial charge in [-0.1, -0.05) is 24.3 Å². The zero-order chi connectivity index (χ0) is 19.7. The number of nitrogens with one attached hydrogen (secondary N) is 1. The number of fused-ring (bicyclic) bond motifs is 1. The molecule has 1 aromatic heterocycles. The summed E-state index contributed by atoms with van der Waals surface area (Å²) in [6, 6.07) is 9.42. The molecule has 1 aliphatic heterocycles. The van der Waals surface area contributed by atoms with Crippen molar-refractivity contribution in [3.63, 3.8) is 0 Å². The Morgan fingerprint density at radius 1 is 1.29 bits per heavy atom. The quantitative estimate of drug-likeness (QED) is 0.700. The lowest BCUT2D eigenvalue weighted by Gasteiger charge is -2.24. The molecule has 4 rings (SSSR count). The van der Waals surface area contributed by atoms with E-state index in [1.165, 1.54) is 11.1 Å². The van der Waals surface area contributed by atoms with Gasteiger partial charge in [0.05, 0.1) is 25.9 Å². The van der Waals surface area contributed by atoms with Crippen LogP contribution in [0.3, 0.4) is 0 Å². The molecule has 1 fully saturated rings. The van der Waals surface area contributed by atoms with Crippen molar-refractivity contribution in [1.82, 2.24) is 10.2 Å². The first-order valence-electron chi connectivity index (χ1n) is 9.52. The third-order valence-electron chi connectivity index (χ3n) is 5.48. The van der Waals surface area contributed by atoms with E-state index in [0.29, 0.717) is 6.61 Å². The van der Waals surface area contributed by atoms with E-state index in [1.54, 1.807) is 18.3 Å². The number of ether oxygens (including phenoxy) is 1. The van der Waals surface area contributed by atoms with Crippen LogP contribution in [0, 0.1) is 0 Å². The summed E-state index contributed by atoms with van der Waals surface area (Å²) in [6.07, 6.45) is 2.26. The van der Waals surface area contributed by atoms with Crippen LogP contribution in [0.5, 0.6) is 0 Å². The van der Waals surface area contributed by atoms with Gasteiger partial charge in [0.2, 0.25) is 0 Å². The average molecular weight is 401 g/mol. The van der Waals surface area contributed by atoms with Crippen molar-refractivity contribution < 1.29 is 19.4 Å². The molecule has 2 aromatic rings. The molecule has 2 atom stereocenters. The number of aryl methyl sites for hydroxylation is 2. The van der Waals surface area contributed by atoms with Crippen LogP contribution in [0.15, 0.2) is 35.7 Å². The molecular weight excluding hydrogens is 376 g/mol. The number of carbonyl (C=O) groups is 2. The number of nitrogens with zero attached hydrogens (tertiary/aromatic N) is 1. The Morgan fingerprint density at radius 2 is 2.11 bits per heavy atom. The van der Waals surface area contributed by atoms with Gasteiger partial charge in [-0.3, -0.25) is 9.69 Å². The van der Waals surface area contributed by atoms with Crippen LogP contribution in [0.2, 0.25) is 0 Å². The Morgan fingerprint density at radius 3 is 2.89 bits per heavy atom. The highest BCUT2D eigenvalue weighted by molar-refractivity contribution is 7.09. The minimum Gasteiger partial charge on any atom is -0.389 e. The Kier molecular flexibility index (Phi) is 5.23. The van der Waals surface area contributed by atoms with Crippen molar-refractivity contribution in [2.45, 2.75) is 44.4 Å². The smallest absolute Gasteiger partial charge is 0.325 e. The van der Waals surface area contributed by atoms with E-state index in [4.69, 9.17) is 4.74 Å². The second-order valence-electron chi connectivity index (χ2n) is 7.56. The molecule has 6 nitrogen and oxygen atoms in total. The lowest BCUT2D eigenvalue weighted by molar-refractivity contribution is -0.132. The van der Waals surface area contributed by atoms with Gasteiger partial charge in [-0.05, 0) is 54.3 Å². The number of amides is 3. The number of aliphatic hydroxyl groups is 1. The molecule has 2 aliphatic rings. The topological polar surface area (TPSA) is 78.9 Å². The lowest BCUT2D eigenvalue weighted by Crippen LogP contribution is -2.42. The molecule has 1 saturated heterocycles. The van der Waals surface area contributed by atoms with E-state index in [9.17, 15) is 14.7 Å². The Hall–Kier alpha value is -2.22. The summed E-state index contributed by atoms with van der Waals surface area (Å²) in [4.78, 5) is 27.6. The predicted molar refractivity (Wildman–Crippen MR) is 106 cm³/mol. The molecule has 28 heavy (non-hydrogen) atoms. The van der Waals surface area contributed by atoms with Crippen molar-refractivity contribution in [3.05, 3.63) is 57.3 Å². The molecule has 0 unspecified atom stereocenters. The molecule has 148 valence electrons. The maximum Gasteiger partial charge on any atom is 0.325 e. The highest BCUT2D eigenvalue weighted by Gasteiger charge is 2.49. The normalized spacial score (nSPS) is 22.4. The van der Waals surface area contributed by atoms with Crippen LogP contribution in [-0.4, -0.2) is 41.2 Å². The van der Waals surface area contributed by atoms with Crippen LogP contribution in [0.4, 0.5) is 4.79 Å². The van der Waals surface area contributed by atoms with Gasteiger partial charge in [-0.15, -0.1) is 11.3 Å². The predicted octanol–water partition coefficient (Wildman–Crippen LogP) is 2.58. The number of aliphatic hydroxyl groups excluding tert-OH is 1. The number of carbonyl (C=O) groups excluding carboxylic acids is 2. The van der Waals surface area contributed by atoms with Crippen LogP contribution in [0.25, 0.3) is 0 Å². The van der Waals surface area contributed by atoms with E-state index in [1.807, 2.05) is 29.6 Å². The number of rotatable bonds is 7. The number of benzene rings is 1. The van der Waals surface area contributed by atoms with E-state index >= 15 is 0 Å². The van der Waals surface area contributed by atoms with Crippen LogP contribution >= 0.6 is 11.3 Å². The number of β-amino-alcohol motifs (C(OH)–C–C–N with tert-alkyl or cyclic N) is 1. The summed E-state index contributed by atoms with van der Waals surface area (Å²) < 4.78 is 5.50. The van der Waals surface area contributed by atoms with Gasteiger partial charge in [0.25, 0.3) is 5.91 Å². The summed E-state index contributed by atoms with van der Waals surface area (Å²) in [5.41, 5.74) is 2.25. The van der Waals surface area contributed by atoms with Gasteiger partial charge in [-0.2, -0.15) is 0 Å². The Balaban J connectivity index is 1.40. The first-order chi connectivity index (χ1) is 13.5. The van der Waals surface area contributed by atoms with Gasteiger partial charge < -0.3 is 15.2 Å². The molecule has 0 saturated carbocycles. The number of hydrogen-bond acceptors (Lipinski definition) is 5. The molecule has 2 heterocycles. The zero-order valence-corrected chi connectivity index (χ0v) is 16.6. The molecule has 2 N–H and O–H groups in total. The third-order valence-corrected chi connectivity index (χ3v) is 6.33. The molecular formula is C21H24N2O4S. The highest BCUT2D eigenvalue weighted by Crippen LogP contribution is 2.32. The summed E-state index contributed by atoms with van der Waals surface area (Å²) in [5.74, 6) is -0.340. The van der Waals surface area contributed by atoms with Crippen molar-refractivity contribution in [2.75, 3.05) is 13.2 Å². The molecule has 1 aliphatic carbocycles. The molecule has 0 spiro atoms. The summed E-state index contributed by atoms with van der Waals surface area (Å²) >= 11 is 1.58. The van der Waals surface area contributed by atoms with E-state index in [-0.39, 0.29) is 19.1 Å². The van der Waals surface area contributed by atoms with E-state index in [2.05, 4.69) is 11.4 Å². The van der Waals surface area contributed by atoms with Gasteiger partial charge in [0.15, 0.2) is 0 Å². The second kappa shape index (κ2) is 7.66. The first kappa shape index (κ1) is 19.1. The maximum absolute atomic E-state index is 13.0. The van der Waals surface area contributed by atoms with Gasteiger partial charge in [0, 0.05) is 4.88 Å². The molecule has 3 amide bonds. The Labute approximate surface area is 168 Å². The standard InChI is InChI=1S/C21H24N2O4S/c1-21(16-8-7-14-4-2-5-15(14)10-16)19(25)23(20(26)22-21)11-17(24)12-27-13-18-6-3-9-28-18/h3,6-10,17,24H,2,4-5,11-13H2,1H3,(H,22,26)/t17-,21+/m0/s1. The average Bonchev–Trinajstić information content (AvgIpc) is 3.39. The minimum absolute atomic E-state index is 0.0600. The first-order valence-corrected chi connectivity index (χ1v) is 10.4. The largest absolute Gasteiger partial charge is 0.389 e. The van der Waals surface area contributed by atoms with Crippen LogP contribution in [0.1, 0.15) is 34.9 Å². The van der Waals surface area contributed by atoms with Crippen molar-refractivity contribution in [2.24, 2.45) is 0 Å². The summed E-state index contributed by atoms with van der Waals surface area (Å²) in [5, 5.41) is 15.0. The van der Waals surface area contributed by atoms with Crippen LogP contribution in [-0.2, 0) is 34.5 Å². The number of urea groups is 1. The SMILES string of the molecule is C[C@]1(c2ccc3c(c2)CCC3)NC(=O)N(C[C@H](O)COCc2cccs2)C1=O. The monoisotopic (exact) mass is 400 g/mol. The van der Waals surface area contributed by atoms with Crippen molar-refractivity contribution in [3.8, 4) is 0 Å². The molecule has 7 heteroatoms. The fraction of sp³-hybridized carbons (Fsp3) is 0.429. The van der Waals surface area contributed by atoms with Gasteiger partial charge in [0.1, 0.15) is 5.54 Å². The summed E-state index contributed by atoms with van der Waals surface area (Å²) in [6.45, 7) is 2.10. The maximum atomic E-state index is 13.0. The fourth-order valence-electron chi connectivity index (χ4n) is 3.89. The Bertz CT molecular complexity index is 883. The molecule has 0 radical (unpaired) electrons. The number of hydrogen-bond donors (Lipinski definition) is 2. The van der Waals surface area contributed by atoms with Crippen molar-refractivity contribution in [1.29, 1.82) is 0 Å². The zero-order valence-electron chi connectivity index (χ0n) is 15.8. The van der Waals surface area contributed by atoms with E-state index < -0.39 is 17.7 Å². The van der Waals surface area contributed by atoms with Gasteiger partial charge in [-0.25, -0.2) is 4.79 Å². The lowest BCUT2D eigenvalue weighted by atomic mass is 9.89. The summed E-state index contributed by atoms with van der Waals surface area (Å²) in [7, 11) is 0. The molecule has 0 bridgehead atoms. The second-order valence-corrected chi connectivity index (χ2v) is 8.59. The number of imide groups is 1. The van der Waals surface area contributed by atoms with Gasteiger partial charge >= 0.3 is 6.03 Å². The number of thiophene rings is 1. The van der Waals surface area contributed by atoms with Crippen LogP contribution < -0.4 is 5.32 Å². The third kappa shape index (κ3) is 3.57. The minimum atomic E-state index is -1.10. The highest BCUT2D eigenvalue weighted by atomic mass is 32.1. The fourth-order valence-corrected chi connectivity index (χ4v) is 4.54. The molecule has 1 aromatic carbocycles. The van der Waals surface area contributed by atoms with E-state index in [0.717, 1.165) is 34.6 Å².